The van der Waals surface area contributed by atoms with E-state index >= 15 is 0 Å². The highest BCUT2D eigenvalue weighted by atomic mass is 32.2. The highest BCUT2D eigenvalue weighted by Gasteiger charge is 2.38. The first-order chi connectivity index (χ1) is 12.5. The van der Waals surface area contributed by atoms with E-state index in [0.717, 1.165) is 16.8 Å². The maximum absolute atomic E-state index is 13.8. The van der Waals surface area contributed by atoms with Gasteiger partial charge in [-0.2, -0.15) is 0 Å². The fourth-order valence-corrected chi connectivity index (χ4v) is 3.87. The summed E-state index contributed by atoms with van der Waals surface area (Å²) in [5, 5.41) is 2.73. The van der Waals surface area contributed by atoms with Crippen LogP contribution < -0.4 is 0 Å². The summed E-state index contributed by atoms with van der Waals surface area (Å²) in [5.41, 5.74) is 0. The number of hydrazine groups is 1. The van der Waals surface area contributed by atoms with Crippen LogP contribution in [0.15, 0.2) is 40.1 Å². The van der Waals surface area contributed by atoms with Crippen LogP contribution in [0.5, 0.6) is 0 Å². The number of carbonyl (C=O) groups is 3. The first-order valence-corrected chi connectivity index (χ1v) is 9.27. The SMILES string of the molecule is CCOC(=O)C1CCN(N2C(=O)C=C(Sc3ccccc3F)C2=O)CC1. The minimum absolute atomic E-state index is 0.188. The maximum atomic E-state index is 13.8. The lowest BCUT2D eigenvalue weighted by Gasteiger charge is -2.35. The summed E-state index contributed by atoms with van der Waals surface area (Å²) in [6.07, 6.45) is 2.27. The summed E-state index contributed by atoms with van der Waals surface area (Å²) in [7, 11) is 0. The second-order valence-electron chi connectivity index (χ2n) is 5.98. The van der Waals surface area contributed by atoms with Crippen LogP contribution in [0.1, 0.15) is 19.8 Å². The molecule has 0 bridgehead atoms. The van der Waals surface area contributed by atoms with Crippen molar-refractivity contribution in [3.63, 3.8) is 0 Å². The molecule has 2 aliphatic heterocycles. The summed E-state index contributed by atoms with van der Waals surface area (Å²) in [6.45, 7) is 2.91. The van der Waals surface area contributed by atoms with Gasteiger partial charge in [0, 0.05) is 24.1 Å². The second kappa shape index (κ2) is 8.01. The van der Waals surface area contributed by atoms with Gasteiger partial charge in [-0.25, -0.2) is 14.4 Å². The summed E-state index contributed by atoms with van der Waals surface area (Å²) < 4.78 is 18.8. The summed E-state index contributed by atoms with van der Waals surface area (Å²) in [4.78, 5) is 37.2. The van der Waals surface area contributed by atoms with Crippen molar-refractivity contribution in [2.75, 3.05) is 19.7 Å². The van der Waals surface area contributed by atoms with Crippen LogP contribution in [0.4, 0.5) is 4.39 Å². The minimum atomic E-state index is -0.460. The third-order valence-corrected chi connectivity index (χ3v) is 5.36. The van der Waals surface area contributed by atoms with Gasteiger partial charge in [0.05, 0.1) is 17.4 Å². The highest BCUT2D eigenvalue weighted by Crippen LogP contribution is 2.34. The van der Waals surface area contributed by atoms with Crippen molar-refractivity contribution in [2.45, 2.75) is 24.7 Å². The maximum Gasteiger partial charge on any atom is 0.309 e. The zero-order valence-electron chi connectivity index (χ0n) is 14.3. The van der Waals surface area contributed by atoms with Gasteiger partial charge >= 0.3 is 5.97 Å². The molecule has 1 aromatic carbocycles. The highest BCUT2D eigenvalue weighted by molar-refractivity contribution is 8.04. The van der Waals surface area contributed by atoms with Crippen LogP contribution in [0.25, 0.3) is 0 Å². The number of nitrogens with zero attached hydrogens (tertiary/aromatic N) is 2. The molecule has 0 spiro atoms. The molecule has 0 atom stereocenters. The molecule has 1 saturated heterocycles. The van der Waals surface area contributed by atoms with Gasteiger partial charge in [0.25, 0.3) is 11.8 Å². The van der Waals surface area contributed by atoms with Crippen LogP contribution >= 0.6 is 11.8 Å². The number of imide groups is 1. The molecule has 0 N–H and O–H groups in total. The molecule has 1 fully saturated rings. The number of piperidine rings is 1. The van der Waals surface area contributed by atoms with E-state index in [1.54, 1.807) is 30.1 Å². The van der Waals surface area contributed by atoms with Gasteiger partial charge in [0.15, 0.2) is 0 Å². The molecule has 0 saturated carbocycles. The fraction of sp³-hybridized carbons (Fsp3) is 0.389. The molecule has 138 valence electrons. The van der Waals surface area contributed by atoms with Crippen LogP contribution in [0, 0.1) is 11.7 Å². The standard InChI is InChI=1S/C18H19FN2O4S/c1-2-25-18(24)12-7-9-20(10-8-12)21-16(22)11-15(17(21)23)26-14-6-4-3-5-13(14)19/h3-6,11-12H,2,7-10H2,1H3. The number of rotatable bonds is 5. The smallest absolute Gasteiger partial charge is 0.309 e. The zero-order chi connectivity index (χ0) is 18.7. The summed E-state index contributed by atoms with van der Waals surface area (Å²) >= 11 is 0.943. The monoisotopic (exact) mass is 378 g/mol. The van der Waals surface area contributed by atoms with Gasteiger partial charge in [0.1, 0.15) is 5.82 Å². The molecule has 6 nitrogen and oxygen atoms in total. The zero-order valence-corrected chi connectivity index (χ0v) is 15.1. The molecule has 2 heterocycles. The Morgan fingerprint density at radius 1 is 1.27 bits per heavy atom. The lowest BCUT2D eigenvalue weighted by atomic mass is 9.98. The molecule has 0 aliphatic carbocycles. The summed E-state index contributed by atoms with van der Waals surface area (Å²) in [6, 6.07) is 6.11. The van der Waals surface area contributed by atoms with E-state index in [-0.39, 0.29) is 16.8 Å². The third-order valence-electron chi connectivity index (χ3n) is 4.30. The number of esters is 1. The molecule has 2 aliphatic rings. The fourth-order valence-electron chi connectivity index (χ4n) is 2.99. The number of thioether (sulfide) groups is 1. The molecule has 8 heteroatoms. The quantitative estimate of drug-likeness (QED) is 0.579. The van der Waals surface area contributed by atoms with Gasteiger partial charge in [-0.05, 0) is 31.9 Å². The Kier molecular flexibility index (Phi) is 5.73. The van der Waals surface area contributed by atoms with Gasteiger partial charge < -0.3 is 4.74 Å². The van der Waals surface area contributed by atoms with E-state index in [0.29, 0.717) is 37.4 Å². The number of carbonyl (C=O) groups excluding carboxylic acids is 3. The normalized spacial score (nSPS) is 19.0. The van der Waals surface area contributed by atoms with E-state index in [1.165, 1.54) is 12.1 Å². The number of halogens is 1. The Bertz CT molecular complexity index is 759. The molecule has 3 rings (SSSR count). The molecule has 26 heavy (non-hydrogen) atoms. The Morgan fingerprint density at radius 2 is 1.96 bits per heavy atom. The lowest BCUT2D eigenvalue weighted by molar-refractivity contribution is -0.160. The van der Waals surface area contributed by atoms with Crippen molar-refractivity contribution in [1.82, 2.24) is 10.0 Å². The molecule has 0 radical (unpaired) electrons. The second-order valence-corrected chi connectivity index (χ2v) is 7.06. The first-order valence-electron chi connectivity index (χ1n) is 8.45. The van der Waals surface area contributed by atoms with E-state index < -0.39 is 17.6 Å². The number of benzene rings is 1. The average Bonchev–Trinajstić information content (AvgIpc) is 2.91. The number of ether oxygens (including phenoxy) is 1. The van der Waals surface area contributed by atoms with E-state index in [9.17, 15) is 18.8 Å². The molecular formula is C18H19FN2O4S. The average molecular weight is 378 g/mol. The van der Waals surface area contributed by atoms with Crippen LogP contribution in [0.2, 0.25) is 0 Å². The van der Waals surface area contributed by atoms with Crippen molar-refractivity contribution in [1.29, 1.82) is 0 Å². The largest absolute Gasteiger partial charge is 0.466 e. The predicted octanol–water partition coefficient (Wildman–Crippen LogP) is 2.36. The lowest BCUT2D eigenvalue weighted by Crippen LogP contribution is -2.51. The van der Waals surface area contributed by atoms with Crippen LogP contribution in [-0.4, -0.2) is 47.5 Å². The molecule has 0 unspecified atom stereocenters. The molecular weight excluding hydrogens is 359 g/mol. The van der Waals surface area contributed by atoms with Gasteiger partial charge in [-0.3, -0.25) is 14.4 Å². The Hall–Kier alpha value is -2.19. The first kappa shape index (κ1) is 18.6. The van der Waals surface area contributed by atoms with Crippen molar-refractivity contribution >= 4 is 29.5 Å². The van der Waals surface area contributed by atoms with E-state index in [2.05, 4.69) is 0 Å². The van der Waals surface area contributed by atoms with Gasteiger partial charge in [-0.15, -0.1) is 0 Å². The minimum Gasteiger partial charge on any atom is -0.466 e. The molecule has 0 aromatic heterocycles. The van der Waals surface area contributed by atoms with E-state index in [4.69, 9.17) is 4.74 Å². The third kappa shape index (κ3) is 3.81. The summed E-state index contributed by atoms with van der Waals surface area (Å²) in [5.74, 6) is -1.78. The van der Waals surface area contributed by atoms with Crippen molar-refractivity contribution < 1.29 is 23.5 Å². The van der Waals surface area contributed by atoms with Crippen molar-refractivity contribution in [2.24, 2.45) is 5.92 Å². The predicted molar refractivity (Wildman–Crippen MR) is 93.1 cm³/mol. The number of amides is 2. The van der Waals surface area contributed by atoms with Gasteiger partial charge in [0.2, 0.25) is 0 Å². The van der Waals surface area contributed by atoms with E-state index in [1.807, 2.05) is 0 Å². The number of hydrogen-bond acceptors (Lipinski definition) is 6. The topological polar surface area (TPSA) is 66.9 Å². The van der Waals surface area contributed by atoms with Crippen molar-refractivity contribution in [3.8, 4) is 0 Å². The van der Waals surface area contributed by atoms with Crippen molar-refractivity contribution in [3.05, 3.63) is 41.1 Å². The van der Waals surface area contributed by atoms with Gasteiger partial charge in [-0.1, -0.05) is 23.9 Å². The molecule has 2 amide bonds. The number of hydrogen-bond donors (Lipinski definition) is 0. The molecule has 1 aromatic rings. The Morgan fingerprint density at radius 3 is 2.62 bits per heavy atom. The Balaban J connectivity index is 1.63. The Labute approximate surface area is 154 Å². The van der Waals surface area contributed by atoms with Crippen LogP contribution in [0.3, 0.4) is 0 Å². The van der Waals surface area contributed by atoms with Crippen LogP contribution in [-0.2, 0) is 19.1 Å².